The number of fused-ring (bicyclic) bond motifs is 1. The quantitative estimate of drug-likeness (QED) is 0.0381. The van der Waals surface area contributed by atoms with Gasteiger partial charge in [0.2, 0.25) is 5.91 Å². The molecule has 2 fully saturated rings. The Bertz CT molecular complexity index is 2180. The summed E-state index contributed by atoms with van der Waals surface area (Å²) in [5, 5.41) is 32.0. The van der Waals surface area contributed by atoms with Gasteiger partial charge in [-0.25, -0.2) is 24.3 Å². The number of aliphatic hydroxyl groups excluding tert-OH is 2. The summed E-state index contributed by atoms with van der Waals surface area (Å²) in [6.45, 7) is 0.201. The van der Waals surface area contributed by atoms with Gasteiger partial charge in [0.05, 0.1) is 39.0 Å². The number of rotatable bonds is 23. The van der Waals surface area contributed by atoms with Crippen LogP contribution in [-0.2, 0) is 55.2 Å². The summed E-state index contributed by atoms with van der Waals surface area (Å²) >= 11 is 0. The Morgan fingerprint density at radius 1 is 1.02 bits per heavy atom. The van der Waals surface area contributed by atoms with Crippen molar-refractivity contribution < 1.29 is 57.2 Å². The average Bonchev–Trinajstić information content (AvgIpc) is 4.01. The van der Waals surface area contributed by atoms with E-state index in [1.54, 1.807) is 10.9 Å². The molecule has 4 aromatic heterocycles. The largest absolute Gasteiger partial charge is 0.472 e. The number of imidazole rings is 1. The van der Waals surface area contributed by atoms with Crippen LogP contribution in [0.3, 0.4) is 0 Å². The van der Waals surface area contributed by atoms with Crippen LogP contribution in [0.4, 0.5) is 5.82 Å². The number of phosphoric acid groups is 1. The lowest BCUT2D eigenvalue weighted by Crippen LogP contribution is -2.40. The third-order valence-corrected chi connectivity index (χ3v) is 10.9. The van der Waals surface area contributed by atoms with Crippen molar-refractivity contribution in [2.75, 3.05) is 46.3 Å². The van der Waals surface area contributed by atoms with Gasteiger partial charge in [-0.1, -0.05) is 24.5 Å². The Balaban J connectivity index is 0.903. The van der Waals surface area contributed by atoms with E-state index in [9.17, 15) is 34.1 Å². The van der Waals surface area contributed by atoms with Gasteiger partial charge in [-0.15, -0.1) is 5.10 Å². The van der Waals surface area contributed by atoms with Gasteiger partial charge in [-0.05, 0) is 12.8 Å². The molecule has 7 N–H and O–H groups in total. The Kier molecular flexibility index (Phi) is 15.6. The van der Waals surface area contributed by atoms with Crippen LogP contribution < -0.4 is 22.3 Å². The Labute approximate surface area is 341 Å². The molecule has 4 aromatic rings. The topological polar surface area (TPSA) is 327 Å². The van der Waals surface area contributed by atoms with Crippen molar-refractivity contribution in [2.45, 2.75) is 101 Å². The molecule has 25 nitrogen and oxygen atoms in total. The lowest BCUT2D eigenvalue weighted by Gasteiger charge is -2.25. The highest BCUT2D eigenvalue weighted by Gasteiger charge is 2.51. The summed E-state index contributed by atoms with van der Waals surface area (Å²) in [4.78, 5) is 61.1. The molecule has 0 aliphatic carbocycles. The molecular formula is C34H50N11O14P. The van der Waals surface area contributed by atoms with Crippen molar-refractivity contribution >= 4 is 30.7 Å². The van der Waals surface area contributed by atoms with Crippen LogP contribution in [0.5, 0.6) is 0 Å². The van der Waals surface area contributed by atoms with Crippen LogP contribution in [0, 0.1) is 0 Å². The number of nitrogens with zero attached hydrogens (tertiary/aromatic N) is 8. The second-order valence-corrected chi connectivity index (χ2v) is 15.5. The van der Waals surface area contributed by atoms with E-state index in [0.717, 1.165) is 37.4 Å². The maximum absolute atomic E-state index is 12.5. The fraction of sp³-hybridized carbons (Fsp3) is 0.647. The van der Waals surface area contributed by atoms with Crippen molar-refractivity contribution in [3.8, 4) is 0 Å². The summed E-state index contributed by atoms with van der Waals surface area (Å²) in [6.07, 6.45) is 1.79. The number of methoxy groups -OCH3 is 1. The van der Waals surface area contributed by atoms with Gasteiger partial charge in [0, 0.05) is 46.0 Å². The molecule has 1 amide bonds. The summed E-state index contributed by atoms with van der Waals surface area (Å²) in [5.74, 6) is -0.0112. The Morgan fingerprint density at radius 2 is 1.78 bits per heavy atom. The number of unbranched alkanes of at least 4 members (excludes halogenated alkanes) is 4. The molecule has 2 aliphatic heterocycles. The van der Waals surface area contributed by atoms with Crippen molar-refractivity contribution in [1.82, 2.24) is 49.4 Å². The van der Waals surface area contributed by atoms with E-state index in [4.69, 9.17) is 33.9 Å². The van der Waals surface area contributed by atoms with Gasteiger partial charge < -0.3 is 49.8 Å². The van der Waals surface area contributed by atoms with Crippen molar-refractivity contribution in [2.24, 2.45) is 0 Å². The number of aliphatic hydroxyl groups is 2. The van der Waals surface area contributed by atoms with Gasteiger partial charge >= 0.3 is 13.5 Å². The van der Waals surface area contributed by atoms with Crippen molar-refractivity contribution in [3.63, 3.8) is 0 Å². The van der Waals surface area contributed by atoms with Gasteiger partial charge in [0.25, 0.3) is 5.56 Å². The molecule has 6 rings (SSSR count). The lowest BCUT2D eigenvalue weighted by molar-refractivity contribution is -0.122. The standard InChI is InChI=1S/C34H50N11O14P/c1-53-17-22-26(49)28(32(58-22)44-12-9-24(48)40-34(44)50)55-13-10-36-23(47)8-6-4-3-5-7-11-43-14-20(41-42-43)16-56-29-27(59-60(51,52)54-2)21(15-46)57-33(29)45-19-39-25-30(35)37-18-38-31(25)45/h9,12,14,18-19,21-22,26-29,32-33,46,49H,3-8,10-11,13,15-17H2,1-2H3,(H,36,47)(H,51,52)(H2,35,37,38)(H,40,48,50)/t21-,22-,26?,27?,28+,29+,32-,33-/m1/s1. The first kappa shape index (κ1) is 45.0. The number of aromatic nitrogens is 9. The number of ether oxygens (including phenoxy) is 5. The normalized spacial score (nSPS) is 25.2. The number of anilines is 1. The number of carbonyl (C=O) groups is 1. The van der Waals surface area contributed by atoms with Crippen LogP contribution in [0.25, 0.3) is 11.2 Å². The average molecular weight is 868 g/mol. The number of nitrogens with one attached hydrogen (secondary N) is 2. The third-order valence-electron chi connectivity index (χ3n) is 9.92. The molecular weight excluding hydrogens is 817 g/mol. The summed E-state index contributed by atoms with van der Waals surface area (Å²) in [5.41, 5.74) is 5.75. The molecule has 2 aliphatic rings. The highest BCUT2D eigenvalue weighted by atomic mass is 31.2. The highest BCUT2D eigenvalue weighted by molar-refractivity contribution is 7.47. The van der Waals surface area contributed by atoms with Crippen molar-refractivity contribution in [3.05, 3.63) is 57.6 Å². The minimum absolute atomic E-state index is 0.0475. The number of nitrogens with two attached hydrogens (primary N) is 1. The van der Waals surface area contributed by atoms with E-state index in [1.165, 1.54) is 36.6 Å². The molecule has 0 aromatic carbocycles. The minimum atomic E-state index is -4.54. The third kappa shape index (κ3) is 11.0. The van der Waals surface area contributed by atoms with Crippen LogP contribution >= 0.6 is 7.82 Å². The maximum Gasteiger partial charge on any atom is 0.472 e. The molecule has 2 saturated heterocycles. The first-order valence-electron chi connectivity index (χ1n) is 19.2. The highest BCUT2D eigenvalue weighted by Crippen LogP contribution is 2.48. The van der Waals surface area contributed by atoms with E-state index in [1.807, 2.05) is 0 Å². The number of hydrogen-bond donors (Lipinski definition) is 6. The number of nitrogen functional groups attached to an aromatic ring is 1. The molecule has 0 radical (unpaired) electrons. The first-order chi connectivity index (χ1) is 28.9. The molecule has 3 unspecified atom stereocenters. The van der Waals surface area contributed by atoms with E-state index < -0.39 is 74.8 Å². The zero-order valence-corrected chi connectivity index (χ0v) is 33.8. The fourth-order valence-electron chi connectivity index (χ4n) is 6.95. The number of carbonyl (C=O) groups excluding carboxylic acids is 1. The van der Waals surface area contributed by atoms with E-state index >= 15 is 0 Å². The fourth-order valence-corrected chi connectivity index (χ4v) is 7.60. The number of H-pyrrole nitrogens is 1. The molecule has 330 valence electrons. The second-order valence-electron chi connectivity index (χ2n) is 14.0. The molecule has 0 bridgehead atoms. The molecule has 0 saturated carbocycles. The predicted octanol–water partition coefficient (Wildman–Crippen LogP) is -1.10. The number of aromatic amines is 1. The molecule has 60 heavy (non-hydrogen) atoms. The van der Waals surface area contributed by atoms with Gasteiger partial charge in [-0.3, -0.25) is 37.4 Å². The maximum atomic E-state index is 12.5. The minimum Gasteiger partial charge on any atom is -0.394 e. The molecule has 26 heteroatoms. The number of amides is 1. The molecule has 6 heterocycles. The SMILES string of the molecule is COC[C@H]1O[C@@H](n2ccc(=O)[nH]c2=O)[C@@H](OCCNC(=O)CCCCCCCn2cc(CO[C@H]3C(OP(=O)(O)OC)[C@@H](CO)O[C@H]3n3cnc4c(N)ncnc43)nn2)C1O. The predicted molar refractivity (Wildman–Crippen MR) is 205 cm³/mol. The molecule has 9 atom stereocenters. The zero-order valence-electron chi connectivity index (χ0n) is 32.9. The van der Waals surface area contributed by atoms with Gasteiger partial charge in [-0.2, -0.15) is 0 Å². The summed E-state index contributed by atoms with van der Waals surface area (Å²) in [6, 6.07) is 1.17. The smallest absolute Gasteiger partial charge is 0.394 e. The van der Waals surface area contributed by atoms with Gasteiger partial charge in [0.1, 0.15) is 54.2 Å². The van der Waals surface area contributed by atoms with E-state index in [-0.39, 0.29) is 38.1 Å². The van der Waals surface area contributed by atoms with Crippen LogP contribution in [0.15, 0.2) is 40.7 Å². The number of phosphoric ester groups is 1. The zero-order chi connectivity index (χ0) is 42.8. The second kappa shape index (κ2) is 20.8. The number of aryl methyl sites for hydroxylation is 1. The van der Waals surface area contributed by atoms with Crippen LogP contribution in [0.1, 0.15) is 56.7 Å². The van der Waals surface area contributed by atoms with Crippen LogP contribution in [-0.4, -0.2) is 142 Å². The Hall–Kier alpha value is -4.53. The lowest BCUT2D eigenvalue weighted by atomic mass is 10.1. The summed E-state index contributed by atoms with van der Waals surface area (Å²) < 4.78 is 55.7. The monoisotopic (exact) mass is 867 g/mol. The van der Waals surface area contributed by atoms with Gasteiger partial charge in [0.15, 0.2) is 23.9 Å². The number of hydrogen-bond acceptors (Lipinski definition) is 19. The molecule has 0 spiro atoms. The Morgan fingerprint density at radius 3 is 2.55 bits per heavy atom. The van der Waals surface area contributed by atoms with E-state index in [2.05, 4.69) is 40.1 Å². The van der Waals surface area contributed by atoms with E-state index in [0.29, 0.717) is 36.2 Å². The van der Waals surface area contributed by atoms with Crippen LogP contribution in [0.2, 0.25) is 0 Å². The van der Waals surface area contributed by atoms with Crippen molar-refractivity contribution in [1.29, 1.82) is 0 Å². The first-order valence-corrected chi connectivity index (χ1v) is 20.7. The summed E-state index contributed by atoms with van der Waals surface area (Å²) in [7, 11) is -2.08.